The zero-order valence-electron chi connectivity index (χ0n) is 17.7. The van der Waals surface area contributed by atoms with Gasteiger partial charge in [-0.3, -0.25) is 4.98 Å². The average molecular weight is 416 g/mol. The molecule has 0 fully saturated rings. The Morgan fingerprint density at radius 1 is 1.06 bits per heavy atom. The van der Waals surface area contributed by atoms with Crippen LogP contribution in [0.5, 0.6) is 0 Å². The van der Waals surface area contributed by atoms with Gasteiger partial charge in [0.05, 0.1) is 29.3 Å². The van der Waals surface area contributed by atoms with Crippen molar-refractivity contribution in [2.24, 2.45) is 0 Å². The van der Waals surface area contributed by atoms with Gasteiger partial charge < -0.3 is 20.2 Å². The Kier molecular flexibility index (Phi) is 5.93. The molecule has 160 valence electrons. The van der Waals surface area contributed by atoms with Crippen LogP contribution in [0.25, 0.3) is 11.0 Å². The summed E-state index contributed by atoms with van der Waals surface area (Å²) >= 11 is 0. The minimum Gasteiger partial charge on any atom is -0.341 e. The van der Waals surface area contributed by atoms with Gasteiger partial charge in [0.15, 0.2) is 0 Å². The number of aryl methyl sites for hydroxylation is 1. The number of imidazole rings is 2. The van der Waals surface area contributed by atoms with Crippen LogP contribution in [0.15, 0.2) is 55.0 Å². The Bertz CT molecular complexity index is 1070. The quantitative estimate of drug-likeness (QED) is 0.358. The number of aromatic amines is 2. The van der Waals surface area contributed by atoms with Crippen molar-refractivity contribution in [3.05, 3.63) is 72.1 Å². The third-order valence-electron chi connectivity index (χ3n) is 6.03. The lowest BCUT2D eigenvalue weighted by Crippen LogP contribution is -2.34. The largest absolute Gasteiger partial charge is 0.341 e. The minimum absolute atomic E-state index is 0.291. The van der Waals surface area contributed by atoms with Crippen LogP contribution in [-0.4, -0.2) is 38.0 Å². The maximum absolute atomic E-state index is 4.73. The summed E-state index contributed by atoms with van der Waals surface area (Å²) in [6, 6.07) is 12.7. The molecule has 1 unspecified atom stereocenters. The Labute approximate surface area is 182 Å². The normalized spacial score (nSPS) is 15.8. The fourth-order valence-corrected chi connectivity index (χ4v) is 4.54. The van der Waals surface area contributed by atoms with Gasteiger partial charge in [-0.25, -0.2) is 9.97 Å². The lowest BCUT2D eigenvalue weighted by Gasteiger charge is -2.35. The van der Waals surface area contributed by atoms with Crippen LogP contribution in [0, 0.1) is 0 Å². The zero-order valence-corrected chi connectivity index (χ0v) is 17.7. The lowest BCUT2D eigenvalue weighted by atomic mass is 9.91. The van der Waals surface area contributed by atoms with Gasteiger partial charge in [0.1, 0.15) is 5.82 Å². The Morgan fingerprint density at radius 2 is 2.03 bits per heavy atom. The number of rotatable bonds is 9. The number of anilines is 1. The molecule has 3 aromatic heterocycles. The number of unbranched alkanes of at least 4 members (excludes halogenated alkanes) is 1. The second kappa shape index (κ2) is 9.31. The van der Waals surface area contributed by atoms with E-state index in [1.54, 1.807) is 0 Å². The molecule has 1 aliphatic rings. The fraction of sp³-hybridized carbons (Fsp3) is 0.375. The molecule has 4 aromatic rings. The molecule has 0 bridgehead atoms. The predicted molar refractivity (Wildman–Crippen MR) is 123 cm³/mol. The number of benzene rings is 1. The summed E-state index contributed by atoms with van der Waals surface area (Å²) in [6.07, 6.45) is 11.3. The van der Waals surface area contributed by atoms with Crippen LogP contribution >= 0.6 is 0 Å². The topological polar surface area (TPSA) is 85.5 Å². The lowest BCUT2D eigenvalue weighted by molar-refractivity contribution is 0.488. The molecule has 7 heteroatoms. The smallest absolute Gasteiger partial charge is 0.203 e. The van der Waals surface area contributed by atoms with Crippen LogP contribution in [0.1, 0.15) is 48.8 Å². The van der Waals surface area contributed by atoms with Crippen molar-refractivity contribution in [2.75, 3.05) is 18.0 Å². The molecule has 0 spiro atoms. The third kappa shape index (κ3) is 4.46. The molecule has 0 aliphatic heterocycles. The molecule has 1 aromatic carbocycles. The van der Waals surface area contributed by atoms with Gasteiger partial charge in [0.2, 0.25) is 5.95 Å². The molecule has 1 atom stereocenters. The van der Waals surface area contributed by atoms with E-state index < -0.39 is 0 Å². The second-order valence-corrected chi connectivity index (χ2v) is 8.15. The van der Waals surface area contributed by atoms with E-state index >= 15 is 0 Å². The van der Waals surface area contributed by atoms with Crippen LogP contribution < -0.4 is 10.2 Å². The van der Waals surface area contributed by atoms with Crippen molar-refractivity contribution in [2.45, 2.75) is 44.7 Å². The van der Waals surface area contributed by atoms with E-state index in [0.717, 1.165) is 68.1 Å². The molecular weight excluding hydrogens is 386 g/mol. The predicted octanol–water partition coefficient (Wildman–Crippen LogP) is 4.14. The first kappa shape index (κ1) is 19.8. The molecule has 3 heterocycles. The number of H-pyrrole nitrogens is 2. The van der Waals surface area contributed by atoms with Crippen LogP contribution in [0.4, 0.5) is 5.95 Å². The van der Waals surface area contributed by atoms with E-state index in [4.69, 9.17) is 4.98 Å². The van der Waals surface area contributed by atoms with Crippen LogP contribution in [0.3, 0.4) is 0 Å². The van der Waals surface area contributed by atoms with Crippen molar-refractivity contribution in [3.63, 3.8) is 0 Å². The van der Waals surface area contributed by atoms with Gasteiger partial charge in [-0.1, -0.05) is 18.2 Å². The fourth-order valence-electron chi connectivity index (χ4n) is 4.54. The highest BCUT2D eigenvalue weighted by atomic mass is 15.3. The van der Waals surface area contributed by atoms with E-state index in [0.29, 0.717) is 6.04 Å². The second-order valence-electron chi connectivity index (χ2n) is 8.15. The van der Waals surface area contributed by atoms with Crippen LogP contribution in [-0.2, 0) is 13.0 Å². The zero-order chi connectivity index (χ0) is 20.9. The summed E-state index contributed by atoms with van der Waals surface area (Å²) in [6.45, 7) is 2.68. The van der Waals surface area contributed by atoms with Gasteiger partial charge >= 0.3 is 0 Å². The third-order valence-corrected chi connectivity index (χ3v) is 6.03. The molecule has 1 aliphatic carbocycles. The summed E-state index contributed by atoms with van der Waals surface area (Å²) in [5.74, 6) is 1.93. The molecule has 0 saturated carbocycles. The van der Waals surface area contributed by atoms with E-state index in [-0.39, 0.29) is 0 Å². The minimum atomic E-state index is 0.291. The number of aromatic nitrogens is 5. The summed E-state index contributed by atoms with van der Waals surface area (Å²) in [4.78, 5) is 23.0. The first-order valence-electron chi connectivity index (χ1n) is 11.2. The van der Waals surface area contributed by atoms with Crippen molar-refractivity contribution >= 4 is 17.0 Å². The SMILES string of the molecule is c1cnc2c(c1)CCCC2N(CCCCNCc1nc2ccccc2[nH]1)c1ncc[nH]1. The molecular formula is C24H29N7. The number of hydrogen-bond donors (Lipinski definition) is 3. The highest BCUT2D eigenvalue weighted by Gasteiger charge is 2.28. The van der Waals surface area contributed by atoms with Crippen molar-refractivity contribution < 1.29 is 0 Å². The standard InChI is InChI=1S/C24H29N7/c1-2-10-20-19(9-1)29-22(30-20)17-25-12-3-4-16-31(24-27-14-15-28-24)21-11-5-7-18-8-6-13-26-23(18)21/h1-2,6,8-10,13-15,21,25H,3-5,7,11-12,16-17H2,(H,27,28)(H,29,30). The van der Waals surface area contributed by atoms with Crippen molar-refractivity contribution in [1.29, 1.82) is 0 Å². The summed E-state index contributed by atoms with van der Waals surface area (Å²) in [7, 11) is 0. The molecule has 5 rings (SSSR count). The summed E-state index contributed by atoms with van der Waals surface area (Å²) in [5, 5.41) is 3.52. The number of para-hydroxylation sites is 2. The maximum atomic E-state index is 4.73. The van der Waals surface area contributed by atoms with Gasteiger partial charge in [-0.2, -0.15) is 0 Å². The highest BCUT2D eigenvalue weighted by Crippen LogP contribution is 2.34. The summed E-state index contributed by atoms with van der Waals surface area (Å²) < 4.78 is 0. The summed E-state index contributed by atoms with van der Waals surface area (Å²) in [5.41, 5.74) is 4.71. The molecule has 3 N–H and O–H groups in total. The molecule has 7 nitrogen and oxygen atoms in total. The van der Waals surface area contributed by atoms with Crippen molar-refractivity contribution in [3.8, 4) is 0 Å². The van der Waals surface area contributed by atoms with Gasteiger partial charge in [-0.05, 0) is 62.4 Å². The van der Waals surface area contributed by atoms with E-state index in [2.05, 4.69) is 42.3 Å². The van der Waals surface area contributed by atoms with Gasteiger partial charge in [-0.15, -0.1) is 0 Å². The van der Waals surface area contributed by atoms with Crippen LogP contribution in [0.2, 0.25) is 0 Å². The Balaban J connectivity index is 1.16. The van der Waals surface area contributed by atoms with E-state index in [9.17, 15) is 0 Å². The van der Waals surface area contributed by atoms with E-state index in [1.165, 1.54) is 17.7 Å². The van der Waals surface area contributed by atoms with Gasteiger partial charge in [0, 0.05) is 25.1 Å². The first-order valence-corrected chi connectivity index (χ1v) is 11.2. The van der Waals surface area contributed by atoms with Crippen molar-refractivity contribution in [1.82, 2.24) is 30.2 Å². The number of nitrogens with zero attached hydrogens (tertiary/aromatic N) is 4. The number of hydrogen-bond acceptors (Lipinski definition) is 5. The molecule has 31 heavy (non-hydrogen) atoms. The average Bonchev–Trinajstić information content (AvgIpc) is 3.48. The van der Waals surface area contributed by atoms with Gasteiger partial charge in [0.25, 0.3) is 0 Å². The van der Waals surface area contributed by atoms with E-state index in [1.807, 2.05) is 42.9 Å². The number of fused-ring (bicyclic) bond motifs is 2. The Hall–Kier alpha value is -3.19. The highest BCUT2D eigenvalue weighted by molar-refractivity contribution is 5.74. The maximum Gasteiger partial charge on any atom is 0.203 e. The number of pyridine rings is 1. The monoisotopic (exact) mass is 415 g/mol. The Morgan fingerprint density at radius 3 is 2.94 bits per heavy atom. The molecule has 0 radical (unpaired) electrons. The number of nitrogens with one attached hydrogen (secondary N) is 3. The molecule has 0 saturated heterocycles. The first-order chi connectivity index (χ1) is 15.4. The molecule has 0 amide bonds.